The molecule has 128 valence electrons. The molecular formula is C22H29NO. The first-order chi connectivity index (χ1) is 11.3. The minimum atomic E-state index is 0.274. The molecule has 0 aromatic heterocycles. The van der Waals surface area contributed by atoms with Crippen LogP contribution in [0.4, 0.5) is 5.69 Å². The van der Waals surface area contributed by atoms with E-state index in [1.54, 1.807) is 12.3 Å². The second-order valence-electron chi connectivity index (χ2n) is 7.33. The Labute approximate surface area is 146 Å². The van der Waals surface area contributed by atoms with E-state index in [-0.39, 0.29) is 5.75 Å². The second kappa shape index (κ2) is 7.65. The van der Waals surface area contributed by atoms with Gasteiger partial charge in [0.15, 0.2) is 0 Å². The monoisotopic (exact) mass is 323 g/mol. The number of nitrogens with zero attached hydrogens (tertiary/aromatic N) is 1. The van der Waals surface area contributed by atoms with E-state index in [0.29, 0.717) is 17.8 Å². The molecule has 0 aliphatic heterocycles. The molecule has 1 N–H and O–H groups in total. The van der Waals surface area contributed by atoms with Crippen LogP contribution in [-0.2, 0) is 0 Å². The fourth-order valence-corrected chi connectivity index (χ4v) is 2.83. The SMILES string of the molecule is CC(C)c1ccc(O)c(/C=N/c2c(C(C)C)cccc2C(C)C)c1. The maximum absolute atomic E-state index is 10.2. The van der Waals surface area contributed by atoms with Crippen LogP contribution in [0.2, 0.25) is 0 Å². The molecule has 0 radical (unpaired) electrons. The lowest BCUT2D eigenvalue weighted by molar-refractivity contribution is 0.474. The summed E-state index contributed by atoms with van der Waals surface area (Å²) in [4.78, 5) is 4.80. The molecule has 2 heteroatoms. The maximum Gasteiger partial charge on any atom is 0.124 e. The zero-order valence-corrected chi connectivity index (χ0v) is 15.7. The second-order valence-corrected chi connectivity index (χ2v) is 7.33. The molecule has 0 aliphatic rings. The zero-order chi connectivity index (χ0) is 17.9. The van der Waals surface area contributed by atoms with Crippen molar-refractivity contribution in [3.63, 3.8) is 0 Å². The highest BCUT2D eigenvalue weighted by Crippen LogP contribution is 2.35. The Morgan fingerprint density at radius 3 is 1.92 bits per heavy atom. The minimum absolute atomic E-state index is 0.274. The molecule has 0 heterocycles. The van der Waals surface area contributed by atoms with Crippen LogP contribution in [0.1, 0.15) is 81.5 Å². The van der Waals surface area contributed by atoms with Gasteiger partial charge in [-0.15, -0.1) is 0 Å². The lowest BCUT2D eigenvalue weighted by atomic mass is 9.93. The van der Waals surface area contributed by atoms with E-state index in [1.807, 2.05) is 12.1 Å². The number of phenolic OH excluding ortho intramolecular Hbond substituents is 1. The van der Waals surface area contributed by atoms with Crippen molar-refractivity contribution in [2.75, 3.05) is 0 Å². The molecule has 0 unspecified atom stereocenters. The lowest BCUT2D eigenvalue weighted by Gasteiger charge is -2.16. The third-order valence-electron chi connectivity index (χ3n) is 4.39. The smallest absolute Gasteiger partial charge is 0.124 e. The highest BCUT2D eigenvalue weighted by molar-refractivity contribution is 5.86. The third kappa shape index (κ3) is 4.05. The number of phenols is 1. The van der Waals surface area contributed by atoms with Crippen molar-refractivity contribution in [2.45, 2.75) is 59.3 Å². The van der Waals surface area contributed by atoms with Gasteiger partial charge in [-0.3, -0.25) is 4.99 Å². The highest BCUT2D eigenvalue weighted by Gasteiger charge is 2.13. The van der Waals surface area contributed by atoms with Gasteiger partial charge in [0.25, 0.3) is 0 Å². The van der Waals surface area contributed by atoms with E-state index in [0.717, 1.165) is 11.3 Å². The normalized spacial score (nSPS) is 12.0. The Hall–Kier alpha value is -2.09. The van der Waals surface area contributed by atoms with Crippen LogP contribution in [-0.4, -0.2) is 11.3 Å². The van der Waals surface area contributed by atoms with Crippen LogP contribution in [0, 0.1) is 0 Å². The van der Waals surface area contributed by atoms with Gasteiger partial charge < -0.3 is 5.11 Å². The number of para-hydroxylation sites is 1. The van der Waals surface area contributed by atoms with Crippen molar-refractivity contribution in [3.05, 3.63) is 58.7 Å². The van der Waals surface area contributed by atoms with Crippen LogP contribution in [0.5, 0.6) is 5.75 Å². The molecule has 2 aromatic carbocycles. The van der Waals surface area contributed by atoms with E-state index >= 15 is 0 Å². The van der Waals surface area contributed by atoms with Gasteiger partial charge in [0.05, 0.1) is 5.69 Å². The largest absolute Gasteiger partial charge is 0.507 e. The molecule has 0 saturated heterocycles. The molecule has 24 heavy (non-hydrogen) atoms. The van der Waals surface area contributed by atoms with Gasteiger partial charge >= 0.3 is 0 Å². The summed E-state index contributed by atoms with van der Waals surface area (Å²) in [5.74, 6) is 1.51. The number of hydrogen-bond acceptors (Lipinski definition) is 2. The number of benzene rings is 2. The predicted molar refractivity (Wildman–Crippen MR) is 104 cm³/mol. The van der Waals surface area contributed by atoms with Gasteiger partial charge in [0, 0.05) is 11.8 Å². The Kier molecular flexibility index (Phi) is 5.82. The van der Waals surface area contributed by atoms with Gasteiger partial charge in [-0.2, -0.15) is 0 Å². The highest BCUT2D eigenvalue weighted by atomic mass is 16.3. The summed E-state index contributed by atoms with van der Waals surface area (Å²) in [5, 5.41) is 10.2. The van der Waals surface area contributed by atoms with Crippen molar-refractivity contribution in [1.29, 1.82) is 0 Å². The summed E-state index contributed by atoms with van der Waals surface area (Å²) in [6, 6.07) is 12.2. The van der Waals surface area contributed by atoms with Crippen molar-refractivity contribution in [1.82, 2.24) is 0 Å². The number of hydrogen-bond donors (Lipinski definition) is 1. The van der Waals surface area contributed by atoms with Gasteiger partial charge in [0.1, 0.15) is 5.75 Å². The summed E-state index contributed by atoms with van der Waals surface area (Å²) in [5.41, 5.74) is 5.51. The number of rotatable bonds is 5. The van der Waals surface area contributed by atoms with Crippen molar-refractivity contribution < 1.29 is 5.11 Å². The molecule has 0 aliphatic carbocycles. The summed E-state index contributed by atoms with van der Waals surface area (Å²) >= 11 is 0. The first-order valence-electron chi connectivity index (χ1n) is 8.81. The average molecular weight is 323 g/mol. The number of aliphatic imine (C=N–C) groups is 1. The van der Waals surface area contributed by atoms with Gasteiger partial charge in [-0.1, -0.05) is 65.8 Å². The van der Waals surface area contributed by atoms with Gasteiger partial charge in [0.2, 0.25) is 0 Å². The molecule has 2 nitrogen and oxygen atoms in total. The molecule has 2 aromatic rings. The zero-order valence-electron chi connectivity index (χ0n) is 15.7. The molecule has 0 atom stereocenters. The molecule has 0 saturated carbocycles. The summed E-state index contributed by atoms with van der Waals surface area (Å²) < 4.78 is 0. The molecular weight excluding hydrogens is 294 g/mol. The molecule has 0 fully saturated rings. The van der Waals surface area contributed by atoms with Crippen LogP contribution >= 0.6 is 0 Å². The third-order valence-corrected chi connectivity index (χ3v) is 4.39. The fraction of sp³-hybridized carbons (Fsp3) is 0.409. The summed E-state index contributed by atoms with van der Waals surface area (Å²) in [6.45, 7) is 13.1. The topological polar surface area (TPSA) is 32.6 Å². The summed E-state index contributed by atoms with van der Waals surface area (Å²) in [6.07, 6.45) is 1.80. The summed E-state index contributed by atoms with van der Waals surface area (Å²) in [7, 11) is 0. The van der Waals surface area contributed by atoms with Crippen LogP contribution in [0.15, 0.2) is 41.4 Å². The van der Waals surface area contributed by atoms with Crippen molar-refractivity contribution in [2.24, 2.45) is 4.99 Å². The fourth-order valence-electron chi connectivity index (χ4n) is 2.83. The number of aromatic hydroxyl groups is 1. The van der Waals surface area contributed by atoms with Gasteiger partial charge in [-0.05, 0) is 46.6 Å². The predicted octanol–water partition coefficient (Wildman–Crippen LogP) is 6.51. The van der Waals surface area contributed by atoms with E-state index in [1.165, 1.54) is 16.7 Å². The van der Waals surface area contributed by atoms with E-state index in [9.17, 15) is 5.11 Å². The quantitative estimate of drug-likeness (QED) is 0.625. The Morgan fingerprint density at radius 1 is 0.833 bits per heavy atom. The van der Waals surface area contributed by atoms with E-state index in [2.05, 4.69) is 59.7 Å². The standard InChI is InChI=1S/C22H29NO/c1-14(2)17-10-11-21(24)18(12-17)13-23-22-19(15(3)4)8-7-9-20(22)16(5)6/h7-16,24H,1-6H3/b23-13+. The Balaban J connectivity index is 2.51. The van der Waals surface area contributed by atoms with Gasteiger partial charge in [-0.25, -0.2) is 0 Å². The van der Waals surface area contributed by atoms with E-state index < -0.39 is 0 Å². The minimum Gasteiger partial charge on any atom is -0.507 e. The maximum atomic E-state index is 10.2. The average Bonchev–Trinajstić information content (AvgIpc) is 2.53. The lowest BCUT2D eigenvalue weighted by Crippen LogP contribution is -1.96. The van der Waals surface area contributed by atoms with Crippen LogP contribution in [0.25, 0.3) is 0 Å². The van der Waals surface area contributed by atoms with Crippen LogP contribution in [0.3, 0.4) is 0 Å². The Morgan fingerprint density at radius 2 is 1.42 bits per heavy atom. The molecule has 2 rings (SSSR count). The molecule has 0 bridgehead atoms. The van der Waals surface area contributed by atoms with Crippen molar-refractivity contribution >= 4 is 11.9 Å². The molecule has 0 spiro atoms. The first kappa shape index (κ1) is 18.3. The Bertz CT molecular complexity index is 700. The van der Waals surface area contributed by atoms with E-state index in [4.69, 9.17) is 4.99 Å². The van der Waals surface area contributed by atoms with Crippen molar-refractivity contribution in [3.8, 4) is 5.75 Å². The van der Waals surface area contributed by atoms with Crippen LogP contribution < -0.4 is 0 Å². The first-order valence-corrected chi connectivity index (χ1v) is 8.81. The molecule has 0 amide bonds.